The molecule has 0 fully saturated rings. The number of nitrogens with zero attached hydrogens (tertiary/aromatic N) is 3. The van der Waals surface area contributed by atoms with Crippen LogP contribution in [0.3, 0.4) is 0 Å². The SMILES string of the molecule is CC(C)N(C(=O)[C@@H](C)OC(=O)c1ccc(-n2cccn2)cc1)C(C)C. The third kappa shape index (κ3) is 4.47. The quantitative estimate of drug-likeness (QED) is 0.756. The maximum atomic E-state index is 12.5. The van der Waals surface area contributed by atoms with Crippen molar-refractivity contribution in [3.63, 3.8) is 0 Å². The molecule has 6 heteroatoms. The van der Waals surface area contributed by atoms with Gasteiger partial charge < -0.3 is 9.64 Å². The van der Waals surface area contributed by atoms with Crippen molar-refractivity contribution in [2.24, 2.45) is 0 Å². The van der Waals surface area contributed by atoms with E-state index in [1.807, 2.05) is 40.0 Å². The molecule has 0 radical (unpaired) electrons. The van der Waals surface area contributed by atoms with Crippen LogP contribution in [-0.2, 0) is 9.53 Å². The molecule has 0 unspecified atom stereocenters. The van der Waals surface area contributed by atoms with Gasteiger partial charge in [-0.3, -0.25) is 4.79 Å². The molecule has 134 valence electrons. The van der Waals surface area contributed by atoms with Crippen LogP contribution in [0.2, 0.25) is 0 Å². The Morgan fingerprint density at radius 2 is 1.64 bits per heavy atom. The number of carbonyl (C=O) groups excluding carboxylic acids is 2. The number of esters is 1. The van der Waals surface area contributed by atoms with E-state index in [9.17, 15) is 9.59 Å². The maximum absolute atomic E-state index is 12.5. The average Bonchev–Trinajstić information content (AvgIpc) is 3.08. The molecule has 1 amide bonds. The van der Waals surface area contributed by atoms with Crippen LogP contribution in [0.5, 0.6) is 0 Å². The first kappa shape index (κ1) is 18.7. The first-order valence-corrected chi connectivity index (χ1v) is 8.44. The molecule has 1 aromatic carbocycles. The van der Waals surface area contributed by atoms with Crippen LogP contribution in [0.4, 0.5) is 0 Å². The van der Waals surface area contributed by atoms with Crippen LogP contribution in [0.25, 0.3) is 5.69 Å². The molecule has 0 saturated heterocycles. The van der Waals surface area contributed by atoms with Gasteiger partial charge in [0.1, 0.15) is 0 Å². The van der Waals surface area contributed by atoms with Crippen molar-refractivity contribution in [2.75, 3.05) is 0 Å². The lowest BCUT2D eigenvalue weighted by Crippen LogP contribution is -2.47. The van der Waals surface area contributed by atoms with Crippen LogP contribution in [0, 0.1) is 0 Å². The fourth-order valence-electron chi connectivity index (χ4n) is 2.77. The summed E-state index contributed by atoms with van der Waals surface area (Å²) < 4.78 is 7.06. The van der Waals surface area contributed by atoms with Gasteiger partial charge in [-0.05, 0) is 65.0 Å². The highest BCUT2D eigenvalue weighted by atomic mass is 16.5. The molecule has 2 aromatic rings. The highest BCUT2D eigenvalue weighted by Crippen LogP contribution is 2.13. The summed E-state index contributed by atoms with van der Waals surface area (Å²) in [6, 6.07) is 8.81. The summed E-state index contributed by atoms with van der Waals surface area (Å²) in [7, 11) is 0. The van der Waals surface area contributed by atoms with Gasteiger partial charge in [-0.15, -0.1) is 0 Å². The fraction of sp³-hybridized carbons (Fsp3) is 0.421. The van der Waals surface area contributed by atoms with E-state index < -0.39 is 12.1 Å². The van der Waals surface area contributed by atoms with Crippen LogP contribution in [-0.4, -0.2) is 44.7 Å². The molecule has 0 aliphatic rings. The topological polar surface area (TPSA) is 64.4 Å². The Kier molecular flexibility index (Phi) is 5.96. The van der Waals surface area contributed by atoms with Crippen molar-refractivity contribution < 1.29 is 14.3 Å². The van der Waals surface area contributed by atoms with Crippen LogP contribution >= 0.6 is 0 Å². The van der Waals surface area contributed by atoms with E-state index in [1.54, 1.807) is 47.0 Å². The molecule has 0 saturated carbocycles. The molecular weight excluding hydrogens is 318 g/mol. The summed E-state index contributed by atoms with van der Waals surface area (Å²) in [6.45, 7) is 9.39. The van der Waals surface area contributed by atoms with E-state index in [0.717, 1.165) is 5.69 Å². The lowest BCUT2D eigenvalue weighted by molar-refractivity contribution is -0.143. The molecule has 0 bridgehead atoms. The van der Waals surface area contributed by atoms with E-state index in [4.69, 9.17) is 4.74 Å². The Hall–Kier alpha value is -2.63. The Morgan fingerprint density at radius 1 is 1.04 bits per heavy atom. The first-order valence-electron chi connectivity index (χ1n) is 8.44. The number of amides is 1. The van der Waals surface area contributed by atoms with Crippen LogP contribution in [0.15, 0.2) is 42.7 Å². The Morgan fingerprint density at radius 3 is 2.12 bits per heavy atom. The van der Waals surface area contributed by atoms with Gasteiger partial charge in [0.05, 0.1) is 11.3 Å². The Balaban J connectivity index is 2.04. The number of hydrogen-bond acceptors (Lipinski definition) is 4. The largest absolute Gasteiger partial charge is 0.449 e. The normalized spacial score (nSPS) is 12.3. The monoisotopic (exact) mass is 343 g/mol. The second kappa shape index (κ2) is 7.96. The molecular formula is C19H25N3O3. The predicted molar refractivity (Wildman–Crippen MR) is 95.6 cm³/mol. The molecule has 2 rings (SSSR count). The standard InChI is InChI=1S/C19H25N3O3/c1-13(2)22(14(3)4)18(23)15(5)25-19(24)16-7-9-17(10-8-16)21-12-6-11-20-21/h6-15H,1-5H3/t15-/m1/s1. The molecule has 1 heterocycles. The molecule has 1 aromatic heterocycles. The Bertz CT molecular complexity index is 698. The summed E-state index contributed by atoms with van der Waals surface area (Å²) in [6.07, 6.45) is 2.67. The molecule has 0 spiro atoms. The summed E-state index contributed by atoms with van der Waals surface area (Å²) in [5.74, 6) is -0.702. The third-order valence-corrected chi connectivity index (χ3v) is 3.87. The zero-order chi connectivity index (χ0) is 18.6. The number of benzene rings is 1. The minimum atomic E-state index is -0.830. The highest BCUT2D eigenvalue weighted by Gasteiger charge is 2.27. The van der Waals surface area contributed by atoms with E-state index >= 15 is 0 Å². The van der Waals surface area contributed by atoms with Gasteiger partial charge in [0, 0.05) is 24.5 Å². The maximum Gasteiger partial charge on any atom is 0.338 e. The number of carbonyl (C=O) groups is 2. The van der Waals surface area contributed by atoms with Gasteiger partial charge in [0.25, 0.3) is 5.91 Å². The minimum Gasteiger partial charge on any atom is -0.449 e. The lowest BCUT2D eigenvalue weighted by atomic mass is 10.2. The van der Waals surface area contributed by atoms with E-state index in [1.165, 1.54) is 0 Å². The van der Waals surface area contributed by atoms with Crippen molar-refractivity contribution in [3.8, 4) is 5.69 Å². The molecule has 0 aliphatic heterocycles. The first-order chi connectivity index (χ1) is 11.8. The van der Waals surface area contributed by atoms with Crippen LogP contribution in [0.1, 0.15) is 45.0 Å². The van der Waals surface area contributed by atoms with Crippen molar-refractivity contribution in [1.82, 2.24) is 14.7 Å². The van der Waals surface area contributed by atoms with Gasteiger partial charge >= 0.3 is 5.97 Å². The molecule has 0 N–H and O–H groups in total. The van der Waals surface area contributed by atoms with E-state index in [0.29, 0.717) is 5.56 Å². The second-order valence-electron chi connectivity index (χ2n) is 6.48. The van der Waals surface area contributed by atoms with Crippen LogP contribution < -0.4 is 0 Å². The fourth-order valence-corrected chi connectivity index (χ4v) is 2.77. The minimum absolute atomic E-state index is 0.0435. The second-order valence-corrected chi connectivity index (χ2v) is 6.48. The average molecular weight is 343 g/mol. The third-order valence-electron chi connectivity index (χ3n) is 3.87. The van der Waals surface area contributed by atoms with Crippen molar-refractivity contribution in [1.29, 1.82) is 0 Å². The number of rotatable bonds is 6. The summed E-state index contributed by atoms with van der Waals surface area (Å²) in [4.78, 5) is 26.6. The van der Waals surface area contributed by atoms with Gasteiger partial charge in [0.15, 0.2) is 6.10 Å². The van der Waals surface area contributed by atoms with Crippen molar-refractivity contribution in [3.05, 3.63) is 48.3 Å². The molecule has 25 heavy (non-hydrogen) atoms. The predicted octanol–water partition coefficient (Wildman–Crippen LogP) is 3.06. The van der Waals surface area contributed by atoms with E-state index in [2.05, 4.69) is 5.10 Å². The molecule has 1 atom stereocenters. The molecule has 6 nitrogen and oxygen atoms in total. The number of hydrogen-bond donors (Lipinski definition) is 0. The summed E-state index contributed by atoms with van der Waals surface area (Å²) in [5.41, 5.74) is 1.24. The molecule has 0 aliphatic carbocycles. The van der Waals surface area contributed by atoms with Gasteiger partial charge in [-0.2, -0.15) is 5.10 Å². The lowest BCUT2D eigenvalue weighted by Gasteiger charge is -2.32. The summed E-state index contributed by atoms with van der Waals surface area (Å²) in [5, 5.41) is 4.14. The highest BCUT2D eigenvalue weighted by molar-refractivity contribution is 5.92. The zero-order valence-electron chi connectivity index (χ0n) is 15.3. The van der Waals surface area contributed by atoms with Gasteiger partial charge in [0.2, 0.25) is 0 Å². The smallest absolute Gasteiger partial charge is 0.338 e. The van der Waals surface area contributed by atoms with E-state index in [-0.39, 0.29) is 18.0 Å². The van der Waals surface area contributed by atoms with Gasteiger partial charge in [-0.1, -0.05) is 0 Å². The number of ether oxygens (including phenoxy) is 1. The van der Waals surface area contributed by atoms with Crippen molar-refractivity contribution in [2.45, 2.75) is 52.8 Å². The van der Waals surface area contributed by atoms with Gasteiger partial charge in [-0.25, -0.2) is 9.48 Å². The number of aromatic nitrogens is 2. The zero-order valence-corrected chi connectivity index (χ0v) is 15.3. The van der Waals surface area contributed by atoms with Crippen molar-refractivity contribution >= 4 is 11.9 Å². The Labute approximate surface area is 148 Å². The summed E-state index contributed by atoms with van der Waals surface area (Å²) >= 11 is 0.